The molecule has 3 amide bonds. The van der Waals surface area contributed by atoms with E-state index in [0.29, 0.717) is 12.2 Å². The molecule has 1 aromatic carbocycles. The summed E-state index contributed by atoms with van der Waals surface area (Å²) in [6, 6.07) is 9.67. The highest BCUT2D eigenvalue weighted by atomic mass is 32.2. The number of nitrogens with zero attached hydrogens (tertiary/aromatic N) is 3. The first-order chi connectivity index (χ1) is 16.6. The summed E-state index contributed by atoms with van der Waals surface area (Å²) < 4.78 is 1.20. The van der Waals surface area contributed by atoms with Gasteiger partial charge in [-0.05, 0) is 66.1 Å². The maximum Gasteiger partial charge on any atom is 0.249 e. The molecule has 35 heavy (non-hydrogen) atoms. The van der Waals surface area contributed by atoms with E-state index in [-0.39, 0.29) is 23.1 Å². The first-order valence-corrected chi connectivity index (χ1v) is 12.9. The molecular weight excluding hydrogens is 464 g/mol. The normalized spacial score (nSPS) is 24.4. The average molecular weight is 499 g/mol. The van der Waals surface area contributed by atoms with Gasteiger partial charge >= 0.3 is 0 Å². The van der Waals surface area contributed by atoms with E-state index in [1.165, 1.54) is 0 Å². The number of aromatic nitrogens is 2. The minimum atomic E-state index is -0.691. The molecule has 188 valence electrons. The summed E-state index contributed by atoms with van der Waals surface area (Å²) in [6.45, 7) is 7.63. The number of carbonyl (C=O) groups excluding carboxylic acids is 3. The molecule has 0 spiro atoms. The van der Waals surface area contributed by atoms with Crippen molar-refractivity contribution in [3.05, 3.63) is 42.1 Å². The molecule has 0 unspecified atom stereocenters. The van der Waals surface area contributed by atoms with E-state index in [4.69, 9.17) is 0 Å². The summed E-state index contributed by atoms with van der Waals surface area (Å²) in [5.41, 5.74) is 1.61. The summed E-state index contributed by atoms with van der Waals surface area (Å²) in [6.07, 6.45) is 2.13. The van der Waals surface area contributed by atoms with E-state index in [9.17, 15) is 14.4 Å². The molecular formula is C25H34N6O3S. The lowest BCUT2D eigenvalue weighted by atomic mass is 9.99. The average Bonchev–Trinajstić information content (AvgIpc) is 3.28. The number of fused-ring (bicyclic) bond motifs is 1. The maximum absolute atomic E-state index is 13.8. The van der Waals surface area contributed by atoms with Crippen LogP contribution in [-0.4, -0.2) is 67.7 Å². The van der Waals surface area contributed by atoms with Gasteiger partial charge in [-0.3, -0.25) is 14.4 Å². The first-order valence-electron chi connectivity index (χ1n) is 12.0. The van der Waals surface area contributed by atoms with E-state index in [2.05, 4.69) is 21.0 Å². The molecule has 10 heteroatoms. The Morgan fingerprint density at radius 3 is 2.60 bits per heavy atom. The predicted molar refractivity (Wildman–Crippen MR) is 137 cm³/mol. The lowest BCUT2D eigenvalue weighted by molar-refractivity contribution is -0.142. The van der Waals surface area contributed by atoms with Crippen molar-refractivity contribution in [1.82, 2.24) is 25.3 Å². The van der Waals surface area contributed by atoms with Gasteiger partial charge in [-0.25, -0.2) is 4.68 Å². The van der Waals surface area contributed by atoms with E-state index in [0.717, 1.165) is 24.2 Å². The number of hydrogen-bond donors (Lipinski definition) is 3. The molecule has 9 nitrogen and oxygen atoms in total. The van der Waals surface area contributed by atoms with Crippen molar-refractivity contribution in [2.24, 2.45) is 0 Å². The fraction of sp³-hybridized carbons (Fsp3) is 0.520. The first kappa shape index (κ1) is 25.2. The molecule has 3 heterocycles. The number of carbonyl (C=O) groups is 3. The summed E-state index contributed by atoms with van der Waals surface area (Å²) in [7, 11) is 1.71. The van der Waals surface area contributed by atoms with Crippen LogP contribution < -0.4 is 16.0 Å². The molecule has 2 saturated heterocycles. The van der Waals surface area contributed by atoms with Crippen LogP contribution in [0.5, 0.6) is 0 Å². The van der Waals surface area contributed by atoms with Gasteiger partial charge in [-0.15, -0.1) is 11.8 Å². The summed E-state index contributed by atoms with van der Waals surface area (Å²) in [5.74, 6) is -0.127. The smallest absolute Gasteiger partial charge is 0.249 e. The zero-order valence-electron chi connectivity index (χ0n) is 20.9. The van der Waals surface area contributed by atoms with Crippen LogP contribution in [0.3, 0.4) is 0 Å². The van der Waals surface area contributed by atoms with Crippen LogP contribution in [0.4, 0.5) is 5.82 Å². The highest BCUT2D eigenvalue weighted by Crippen LogP contribution is 2.48. The molecule has 4 atom stereocenters. The fourth-order valence-corrected chi connectivity index (χ4v) is 6.47. The van der Waals surface area contributed by atoms with Gasteiger partial charge in [0.1, 0.15) is 17.9 Å². The maximum atomic E-state index is 13.8. The van der Waals surface area contributed by atoms with Crippen molar-refractivity contribution in [3.8, 4) is 5.69 Å². The summed E-state index contributed by atoms with van der Waals surface area (Å²) in [5, 5.41) is 13.3. The highest BCUT2D eigenvalue weighted by Gasteiger charge is 2.54. The molecule has 2 fully saturated rings. The Hall–Kier alpha value is -2.85. The zero-order chi connectivity index (χ0) is 25.3. The lowest BCUT2D eigenvalue weighted by Crippen LogP contribution is -2.58. The number of amides is 3. The fourth-order valence-electron chi connectivity index (χ4n) is 4.79. The van der Waals surface area contributed by atoms with Crippen LogP contribution in [0, 0.1) is 6.92 Å². The van der Waals surface area contributed by atoms with Crippen LogP contribution in [0.2, 0.25) is 0 Å². The third-order valence-electron chi connectivity index (χ3n) is 6.66. The number of benzene rings is 1. The quantitative estimate of drug-likeness (QED) is 0.565. The molecule has 0 aliphatic carbocycles. The second kappa shape index (κ2) is 10.0. The van der Waals surface area contributed by atoms with E-state index < -0.39 is 22.9 Å². The van der Waals surface area contributed by atoms with E-state index in [1.807, 2.05) is 57.2 Å². The minimum Gasteiger partial charge on any atom is -0.343 e. The van der Waals surface area contributed by atoms with Crippen molar-refractivity contribution < 1.29 is 14.4 Å². The van der Waals surface area contributed by atoms with Gasteiger partial charge < -0.3 is 20.9 Å². The highest BCUT2D eigenvalue weighted by molar-refractivity contribution is 8.01. The molecule has 1 aromatic heterocycles. The SMILES string of the molecule is CN[C@@H](C)C(=O)N[C@@H]1CCC[C@H]2SC(C)(C)[C@@H](C(=O)Nc3cc(C)nn3-c3ccccc3)N2C1=O. The van der Waals surface area contributed by atoms with Gasteiger partial charge in [0.2, 0.25) is 17.7 Å². The van der Waals surface area contributed by atoms with Gasteiger partial charge in [0.15, 0.2) is 0 Å². The molecule has 2 aromatic rings. The molecule has 0 saturated carbocycles. The number of aryl methyl sites for hydroxylation is 1. The van der Waals surface area contributed by atoms with Crippen LogP contribution in [0.15, 0.2) is 36.4 Å². The van der Waals surface area contributed by atoms with Gasteiger partial charge in [-0.2, -0.15) is 5.10 Å². The molecule has 2 aliphatic rings. The Bertz CT molecular complexity index is 1100. The molecule has 0 bridgehead atoms. The van der Waals surface area contributed by atoms with Crippen LogP contribution in [-0.2, 0) is 14.4 Å². The largest absolute Gasteiger partial charge is 0.343 e. The molecule has 0 radical (unpaired) electrons. The van der Waals surface area contributed by atoms with Crippen LogP contribution >= 0.6 is 11.8 Å². The summed E-state index contributed by atoms with van der Waals surface area (Å²) >= 11 is 1.65. The van der Waals surface area contributed by atoms with Crippen molar-refractivity contribution in [2.45, 2.75) is 75.2 Å². The Morgan fingerprint density at radius 2 is 1.91 bits per heavy atom. The standard InChI is InChI=1S/C25H34N6O3S/c1-15-14-19(31(29-15)17-10-7-6-8-11-17)28-23(33)21-25(3,4)35-20-13-9-12-18(24(34)30(20)21)27-22(32)16(2)26-5/h6-8,10-11,14,16,18,20-21,26H,9,12-13H2,1-5H3,(H,27,32)(H,28,33)/t16-,18+,20+,21+/m0/s1. The topological polar surface area (TPSA) is 108 Å². The Kier molecular flexibility index (Phi) is 7.23. The number of anilines is 1. The van der Waals surface area contributed by atoms with Crippen molar-refractivity contribution >= 4 is 35.3 Å². The molecule has 2 aliphatic heterocycles. The van der Waals surface area contributed by atoms with Crippen molar-refractivity contribution in [3.63, 3.8) is 0 Å². The number of hydrogen-bond acceptors (Lipinski definition) is 6. The summed E-state index contributed by atoms with van der Waals surface area (Å²) in [4.78, 5) is 41.7. The van der Waals surface area contributed by atoms with Gasteiger partial charge in [0.25, 0.3) is 0 Å². The van der Waals surface area contributed by atoms with Gasteiger partial charge in [0.05, 0.1) is 22.8 Å². The Labute approximate surface area is 210 Å². The third-order valence-corrected chi connectivity index (χ3v) is 8.22. The Balaban J connectivity index is 1.61. The molecule has 3 N–H and O–H groups in total. The molecule has 4 rings (SSSR count). The number of para-hydroxylation sites is 1. The number of thioether (sulfide) groups is 1. The van der Waals surface area contributed by atoms with E-state index >= 15 is 0 Å². The van der Waals surface area contributed by atoms with Crippen molar-refractivity contribution in [2.75, 3.05) is 12.4 Å². The van der Waals surface area contributed by atoms with Crippen LogP contribution in [0.1, 0.15) is 45.7 Å². The Morgan fingerprint density at radius 1 is 1.20 bits per heavy atom. The van der Waals surface area contributed by atoms with Gasteiger partial charge in [-0.1, -0.05) is 18.2 Å². The van der Waals surface area contributed by atoms with Crippen molar-refractivity contribution in [1.29, 1.82) is 0 Å². The zero-order valence-corrected chi connectivity index (χ0v) is 21.7. The second-order valence-electron chi connectivity index (χ2n) is 9.73. The lowest BCUT2D eigenvalue weighted by Gasteiger charge is -2.33. The second-order valence-corrected chi connectivity index (χ2v) is 11.6. The minimum absolute atomic E-state index is 0.113. The monoisotopic (exact) mass is 498 g/mol. The van der Waals surface area contributed by atoms with Gasteiger partial charge in [0, 0.05) is 10.8 Å². The third kappa shape index (κ3) is 5.08. The number of likely N-dealkylation sites (N-methyl/N-ethyl adjacent to an activating group) is 1. The predicted octanol–water partition coefficient (Wildman–Crippen LogP) is 2.44. The number of nitrogens with one attached hydrogen (secondary N) is 3. The number of rotatable bonds is 6. The van der Waals surface area contributed by atoms with E-state index in [1.54, 1.807) is 35.3 Å². The van der Waals surface area contributed by atoms with Crippen LogP contribution in [0.25, 0.3) is 5.69 Å².